The topological polar surface area (TPSA) is 74.6 Å². The second-order valence-electron chi connectivity index (χ2n) is 1.86. The first-order valence-electron chi connectivity index (χ1n) is 4.45. The molecule has 0 atom stereocenters. The molecule has 0 heterocycles. The molecule has 0 aliphatic rings. The van der Waals surface area contributed by atoms with E-state index in [1.165, 1.54) is 26.4 Å². The van der Waals surface area contributed by atoms with E-state index in [2.05, 4.69) is 0 Å². The van der Waals surface area contributed by atoms with Crippen LogP contribution in [0, 0.1) is 0 Å². The van der Waals surface area contributed by atoms with Gasteiger partial charge in [0.1, 0.15) is 0 Å². The van der Waals surface area contributed by atoms with Crippen molar-refractivity contribution in [1.82, 2.24) is 0 Å². The molecule has 0 spiro atoms. The maximum Gasteiger partial charge on any atom is 2.00 e. The Labute approximate surface area is 108 Å². The van der Waals surface area contributed by atoms with Crippen molar-refractivity contribution in [1.29, 1.82) is 0 Å². The van der Waals surface area contributed by atoms with Gasteiger partial charge >= 0.3 is 21.7 Å². The second-order valence-corrected chi connectivity index (χ2v) is 1.86. The van der Waals surface area contributed by atoms with E-state index in [1.54, 1.807) is 0 Å². The molecule has 2 N–H and O–H groups in total. The van der Waals surface area contributed by atoms with Crippen molar-refractivity contribution >= 4 is 12.6 Å². The van der Waals surface area contributed by atoms with Gasteiger partial charge in [0.05, 0.1) is 0 Å². The van der Waals surface area contributed by atoms with Gasteiger partial charge in [-0.1, -0.05) is 13.8 Å². The van der Waals surface area contributed by atoms with Crippen LogP contribution >= 0.6 is 0 Å². The predicted molar refractivity (Wildman–Crippen MR) is 57.5 cm³/mol. The zero-order valence-corrected chi connectivity index (χ0v) is 11.6. The van der Waals surface area contributed by atoms with Crippen LogP contribution in [0.3, 0.4) is 0 Å². The number of rotatable bonds is 2. The van der Waals surface area contributed by atoms with Crippen molar-refractivity contribution in [2.45, 2.75) is 40.5 Å². The van der Waals surface area contributed by atoms with Crippen LogP contribution in [0.4, 0.5) is 0 Å². The Morgan fingerprint density at radius 1 is 0.867 bits per heavy atom. The summed E-state index contributed by atoms with van der Waals surface area (Å²) in [5, 5.41) is 15.8. The fraction of sp³-hybridized carbons (Fsp3) is 0.800. The van der Waals surface area contributed by atoms with Crippen molar-refractivity contribution in [2.75, 3.05) is 13.2 Å². The van der Waals surface area contributed by atoms with Gasteiger partial charge in [-0.05, 0) is 12.8 Å². The van der Waals surface area contributed by atoms with Gasteiger partial charge in [-0.15, -0.1) is 0 Å². The molecule has 0 radical (unpaired) electrons. The van der Waals surface area contributed by atoms with Gasteiger partial charge in [0, 0.05) is 13.2 Å². The normalized spacial score (nSPS) is 5.73. The van der Waals surface area contributed by atoms with E-state index in [0.717, 1.165) is 12.8 Å². The maximum absolute atomic E-state index is 8.68. The predicted octanol–water partition coefficient (Wildman–Crippen LogP) is 1.01. The number of aliphatic hydroxyl groups is 2. The van der Waals surface area contributed by atoms with Crippen LogP contribution in [0.15, 0.2) is 0 Å². The summed E-state index contributed by atoms with van der Waals surface area (Å²) >= 11 is 0. The van der Waals surface area contributed by atoms with E-state index >= 15 is 0 Å². The van der Waals surface area contributed by atoms with Crippen molar-refractivity contribution < 1.29 is 41.5 Å². The minimum Gasteiger partial charge on any atom is -0.542 e. The number of aliphatic hydroxyl groups excluding tert-OH is 2. The summed E-state index contributed by atoms with van der Waals surface area (Å²) in [5.74, 6) is 0. The quantitative estimate of drug-likeness (QED) is 0.569. The molecule has 0 unspecified atom stereocenters. The molecule has 4 nitrogen and oxygen atoms in total. The van der Waals surface area contributed by atoms with Crippen LogP contribution in [-0.2, 0) is 31.3 Å². The molecule has 0 rings (SSSR count). The summed E-state index contributed by atoms with van der Waals surface area (Å²) < 4.78 is 0. The molecule has 5 heteroatoms. The molecule has 0 aromatic rings. The molecule has 0 fully saturated rings. The Kier molecular flexibility index (Phi) is 129. The zero-order chi connectivity index (χ0) is 12.2. The Morgan fingerprint density at radius 2 is 0.933 bits per heavy atom. The molecule has 0 saturated carbocycles. The van der Waals surface area contributed by atoms with Gasteiger partial charge in [0.15, 0.2) is 0 Å². The fourth-order valence-corrected chi connectivity index (χ4v) is 0. The Balaban J connectivity index is -0.0000000293. The minimum absolute atomic E-state index is 0. The molecule has 0 aromatic carbocycles. The van der Waals surface area contributed by atoms with E-state index in [9.17, 15) is 0 Å². The SMILES string of the molecule is CCCO.CCCO.C[C-]=O.C[C-]=O.[Ti+2]. The maximum atomic E-state index is 8.68. The molecule has 0 aromatic heterocycles. The largest absolute Gasteiger partial charge is 2.00 e. The first kappa shape index (κ1) is 29.4. The average Bonchev–Trinajstić information content (AvgIpc) is 2.20. The van der Waals surface area contributed by atoms with E-state index < -0.39 is 0 Å². The molecular formula is C10H22O4Ti. The molecule has 0 saturated heterocycles. The first-order valence-corrected chi connectivity index (χ1v) is 4.45. The Hall–Kier alpha value is -0.0257. The van der Waals surface area contributed by atoms with Crippen LogP contribution in [0.5, 0.6) is 0 Å². The smallest absolute Gasteiger partial charge is 0.542 e. The van der Waals surface area contributed by atoms with Gasteiger partial charge in [-0.3, -0.25) is 12.6 Å². The van der Waals surface area contributed by atoms with Crippen LogP contribution in [0.2, 0.25) is 0 Å². The Bertz CT molecular complexity index is 65.8. The van der Waals surface area contributed by atoms with Gasteiger partial charge in [0.2, 0.25) is 0 Å². The third-order valence-electron chi connectivity index (χ3n) is 0.447. The third kappa shape index (κ3) is 514. The molecule has 0 bridgehead atoms. The van der Waals surface area contributed by atoms with E-state index in [-0.39, 0.29) is 21.7 Å². The zero-order valence-electron chi connectivity index (χ0n) is 10.0. The fourth-order valence-electron chi connectivity index (χ4n) is 0. The van der Waals surface area contributed by atoms with Crippen molar-refractivity contribution in [3.05, 3.63) is 0 Å². The second kappa shape index (κ2) is 65.9. The van der Waals surface area contributed by atoms with Gasteiger partial charge in [0.25, 0.3) is 0 Å². The number of carbonyl (C=O) groups excluding carboxylic acids is 2. The van der Waals surface area contributed by atoms with Crippen LogP contribution in [0.1, 0.15) is 40.5 Å². The summed E-state index contributed by atoms with van der Waals surface area (Å²) in [5.41, 5.74) is 0. The van der Waals surface area contributed by atoms with E-state index in [1.807, 2.05) is 13.8 Å². The standard InChI is InChI=1S/2C3H8O.2C2H3O.Ti/c2*1-2-3-4;2*1-2-3;/h2*4H,2-3H2,1H3;2*1H3;/q;;2*-1;+2. The third-order valence-corrected chi connectivity index (χ3v) is 0.447. The summed E-state index contributed by atoms with van der Waals surface area (Å²) in [6, 6.07) is 0. The first-order chi connectivity index (χ1) is 6.66. The number of hydrogen-bond acceptors (Lipinski definition) is 4. The van der Waals surface area contributed by atoms with Crippen molar-refractivity contribution in [3.63, 3.8) is 0 Å². The van der Waals surface area contributed by atoms with Crippen LogP contribution in [0.25, 0.3) is 0 Å². The minimum atomic E-state index is 0. The van der Waals surface area contributed by atoms with E-state index in [4.69, 9.17) is 19.8 Å². The summed E-state index contributed by atoms with van der Waals surface area (Å²) in [7, 11) is 0. The van der Waals surface area contributed by atoms with Crippen LogP contribution in [-0.4, -0.2) is 36.0 Å². The van der Waals surface area contributed by atoms with Gasteiger partial charge in [-0.2, -0.15) is 13.8 Å². The monoisotopic (exact) mass is 254 g/mol. The van der Waals surface area contributed by atoms with Crippen molar-refractivity contribution in [2.24, 2.45) is 0 Å². The van der Waals surface area contributed by atoms with Gasteiger partial charge in [-0.25, -0.2) is 0 Å². The van der Waals surface area contributed by atoms with E-state index in [0.29, 0.717) is 13.2 Å². The molecule has 15 heavy (non-hydrogen) atoms. The molecular weight excluding hydrogens is 232 g/mol. The summed E-state index contributed by atoms with van der Waals surface area (Å²) in [6.07, 6.45) is 4.75. The number of hydrogen-bond donors (Lipinski definition) is 2. The molecule has 0 aliphatic heterocycles. The molecule has 90 valence electrons. The average molecular weight is 254 g/mol. The van der Waals surface area contributed by atoms with Crippen molar-refractivity contribution in [3.8, 4) is 0 Å². The molecule has 0 amide bonds. The summed E-state index contributed by atoms with van der Waals surface area (Å²) in [6.45, 7) is 7.14. The molecule has 0 aliphatic carbocycles. The Morgan fingerprint density at radius 3 is 0.933 bits per heavy atom. The van der Waals surface area contributed by atoms with Gasteiger partial charge < -0.3 is 19.8 Å². The summed E-state index contributed by atoms with van der Waals surface area (Å²) in [4.78, 5) is 17.4. The van der Waals surface area contributed by atoms with Crippen LogP contribution < -0.4 is 0 Å².